The Morgan fingerprint density at radius 1 is 1.50 bits per heavy atom. The standard InChI is InChI=1S/C10H11ClFNO4S/c1-13(6-9(14)17-2)18(15,16)8-5-3-4-7(11)10(8)12/h3-5H,6H2,1-2H3. The van der Waals surface area contributed by atoms with E-state index in [9.17, 15) is 17.6 Å². The van der Waals surface area contributed by atoms with Crippen LogP contribution >= 0.6 is 11.6 Å². The molecule has 0 saturated carbocycles. The van der Waals surface area contributed by atoms with Crippen LogP contribution in [0.2, 0.25) is 5.02 Å². The molecule has 0 bridgehead atoms. The van der Waals surface area contributed by atoms with Gasteiger partial charge < -0.3 is 4.74 Å². The summed E-state index contributed by atoms with van der Waals surface area (Å²) in [7, 11) is -1.85. The molecule has 1 aromatic rings. The molecule has 0 spiro atoms. The number of likely N-dealkylation sites (N-methyl/N-ethyl adjacent to an activating group) is 1. The fraction of sp³-hybridized carbons (Fsp3) is 0.300. The predicted molar refractivity (Wildman–Crippen MR) is 63.2 cm³/mol. The van der Waals surface area contributed by atoms with Crippen LogP contribution in [0.1, 0.15) is 0 Å². The van der Waals surface area contributed by atoms with E-state index >= 15 is 0 Å². The van der Waals surface area contributed by atoms with Crippen LogP contribution in [0.15, 0.2) is 23.1 Å². The quantitative estimate of drug-likeness (QED) is 0.785. The third-order valence-electron chi connectivity index (χ3n) is 2.18. The van der Waals surface area contributed by atoms with Crippen molar-refractivity contribution in [3.63, 3.8) is 0 Å². The number of sulfonamides is 1. The van der Waals surface area contributed by atoms with E-state index < -0.39 is 33.3 Å². The first-order valence-corrected chi connectivity index (χ1v) is 6.59. The maximum atomic E-state index is 13.6. The number of hydrogen-bond acceptors (Lipinski definition) is 4. The second-order valence-corrected chi connectivity index (χ2v) is 5.81. The molecule has 5 nitrogen and oxygen atoms in total. The van der Waals surface area contributed by atoms with Crippen LogP contribution in [0.3, 0.4) is 0 Å². The number of carbonyl (C=O) groups excluding carboxylic acids is 1. The van der Waals surface area contributed by atoms with Gasteiger partial charge in [0.25, 0.3) is 0 Å². The van der Waals surface area contributed by atoms with Crippen LogP contribution < -0.4 is 0 Å². The van der Waals surface area contributed by atoms with E-state index in [2.05, 4.69) is 4.74 Å². The van der Waals surface area contributed by atoms with Gasteiger partial charge in [0.1, 0.15) is 11.4 Å². The van der Waals surface area contributed by atoms with Crippen LogP contribution in [0.4, 0.5) is 4.39 Å². The summed E-state index contributed by atoms with van der Waals surface area (Å²) in [4.78, 5) is 10.4. The molecule has 18 heavy (non-hydrogen) atoms. The number of benzene rings is 1. The molecule has 0 atom stereocenters. The van der Waals surface area contributed by atoms with Gasteiger partial charge in [-0.1, -0.05) is 17.7 Å². The topological polar surface area (TPSA) is 63.7 Å². The van der Waals surface area contributed by atoms with Gasteiger partial charge in [-0.2, -0.15) is 4.31 Å². The lowest BCUT2D eigenvalue weighted by atomic mass is 10.3. The zero-order valence-electron chi connectivity index (χ0n) is 9.68. The number of methoxy groups -OCH3 is 1. The molecule has 0 aliphatic rings. The molecule has 0 unspecified atom stereocenters. The summed E-state index contributed by atoms with van der Waals surface area (Å²) in [5, 5.41) is -0.303. The van der Waals surface area contributed by atoms with Crippen molar-refractivity contribution in [2.45, 2.75) is 4.90 Å². The summed E-state index contributed by atoms with van der Waals surface area (Å²) in [5.41, 5.74) is 0. The molecule has 100 valence electrons. The zero-order valence-corrected chi connectivity index (χ0v) is 11.3. The van der Waals surface area contributed by atoms with E-state index in [0.717, 1.165) is 20.2 Å². The lowest BCUT2D eigenvalue weighted by Gasteiger charge is -2.16. The number of nitrogens with zero attached hydrogens (tertiary/aromatic N) is 1. The molecule has 1 aromatic carbocycles. The van der Waals surface area contributed by atoms with Gasteiger partial charge in [0.15, 0.2) is 5.82 Å². The first kappa shape index (κ1) is 14.9. The molecular formula is C10H11ClFNO4S. The maximum Gasteiger partial charge on any atom is 0.321 e. The highest BCUT2D eigenvalue weighted by Gasteiger charge is 2.27. The number of hydrogen-bond donors (Lipinski definition) is 0. The van der Waals surface area contributed by atoms with Crippen LogP contribution in [0, 0.1) is 5.82 Å². The minimum Gasteiger partial charge on any atom is -0.468 e. The van der Waals surface area contributed by atoms with E-state index in [4.69, 9.17) is 11.6 Å². The van der Waals surface area contributed by atoms with Gasteiger partial charge in [-0.3, -0.25) is 4.79 Å². The smallest absolute Gasteiger partial charge is 0.321 e. The minimum absolute atomic E-state index is 0.303. The van der Waals surface area contributed by atoms with Crippen molar-refractivity contribution >= 4 is 27.6 Å². The number of ether oxygens (including phenoxy) is 1. The van der Waals surface area contributed by atoms with Gasteiger partial charge >= 0.3 is 5.97 Å². The van der Waals surface area contributed by atoms with Crippen molar-refractivity contribution in [3.05, 3.63) is 29.0 Å². The van der Waals surface area contributed by atoms with Crippen molar-refractivity contribution in [1.82, 2.24) is 4.31 Å². The summed E-state index contributed by atoms with van der Waals surface area (Å²) in [6.45, 7) is -0.509. The number of carbonyl (C=O) groups is 1. The molecule has 1 rings (SSSR count). The lowest BCUT2D eigenvalue weighted by molar-refractivity contribution is -0.140. The minimum atomic E-state index is -4.12. The highest BCUT2D eigenvalue weighted by Crippen LogP contribution is 2.23. The number of halogens is 2. The predicted octanol–water partition coefficient (Wildman–Crippen LogP) is 1.27. The van der Waals surface area contributed by atoms with Crippen molar-refractivity contribution in [1.29, 1.82) is 0 Å². The summed E-state index contributed by atoms with van der Waals surface area (Å²) < 4.78 is 42.6. The molecular weight excluding hydrogens is 285 g/mol. The van der Waals surface area contributed by atoms with E-state index in [1.54, 1.807) is 0 Å². The highest BCUT2D eigenvalue weighted by molar-refractivity contribution is 7.89. The Kier molecular flexibility index (Phi) is 4.66. The molecule has 0 aliphatic heterocycles. The van der Waals surface area contributed by atoms with Crippen molar-refractivity contribution in [3.8, 4) is 0 Å². The van der Waals surface area contributed by atoms with Gasteiger partial charge in [-0.25, -0.2) is 12.8 Å². The average molecular weight is 296 g/mol. The maximum absolute atomic E-state index is 13.6. The molecule has 0 heterocycles. The van der Waals surface area contributed by atoms with Gasteiger partial charge in [0, 0.05) is 7.05 Å². The highest BCUT2D eigenvalue weighted by atomic mass is 35.5. The van der Waals surface area contributed by atoms with E-state index in [0.29, 0.717) is 4.31 Å². The van der Waals surface area contributed by atoms with Crippen LogP contribution in [-0.4, -0.2) is 39.4 Å². The summed E-state index contributed by atoms with van der Waals surface area (Å²) in [6, 6.07) is 3.62. The Morgan fingerprint density at radius 3 is 2.67 bits per heavy atom. The Balaban J connectivity index is 3.14. The summed E-state index contributed by atoms with van der Waals surface area (Å²) >= 11 is 5.51. The van der Waals surface area contributed by atoms with Gasteiger partial charge in [0.2, 0.25) is 10.0 Å². The Labute approximate surface area is 109 Å². The molecule has 0 aliphatic carbocycles. The number of rotatable bonds is 4. The van der Waals surface area contributed by atoms with Gasteiger partial charge in [0.05, 0.1) is 12.1 Å². The largest absolute Gasteiger partial charge is 0.468 e. The third kappa shape index (κ3) is 2.98. The lowest BCUT2D eigenvalue weighted by Crippen LogP contribution is -2.33. The first-order valence-electron chi connectivity index (χ1n) is 4.78. The molecule has 0 fully saturated rings. The molecule has 0 saturated heterocycles. The third-order valence-corrected chi connectivity index (χ3v) is 4.30. The Hall–Kier alpha value is -1.18. The Morgan fingerprint density at radius 2 is 2.11 bits per heavy atom. The van der Waals surface area contributed by atoms with Crippen LogP contribution in [-0.2, 0) is 19.6 Å². The van der Waals surface area contributed by atoms with Crippen molar-refractivity contribution in [2.24, 2.45) is 0 Å². The van der Waals surface area contributed by atoms with Crippen molar-refractivity contribution < 1.29 is 22.3 Å². The van der Waals surface area contributed by atoms with Crippen molar-refractivity contribution in [2.75, 3.05) is 20.7 Å². The molecule has 0 aromatic heterocycles. The van der Waals surface area contributed by atoms with Gasteiger partial charge in [-0.05, 0) is 12.1 Å². The fourth-order valence-electron chi connectivity index (χ4n) is 1.18. The second-order valence-electron chi connectivity index (χ2n) is 3.39. The molecule has 0 amide bonds. The monoisotopic (exact) mass is 295 g/mol. The van der Waals surface area contributed by atoms with Crippen LogP contribution in [0.5, 0.6) is 0 Å². The first-order chi connectivity index (χ1) is 8.30. The van der Waals surface area contributed by atoms with E-state index in [-0.39, 0.29) is 5.02 Å². The zero-order chi connectivity index (χ0) is 13.9. The average Bonchev–Trinajstić information content (AvgIpc) is 2.32. The molecule has 0 N–H and O–H groups in total. The fourth-order valence-corrected chi connectivity index (χ4v) is 2.61. The summed E-state index contributed by atoms with van der Waals surface area (Å²) in [6.07, 6.45) is 0. The molecule has 0 radical (unpaired) electrons. The second kappa shape index (κ2) is 5.64. The molecule has 8 heteroatoms. The van der Waals surface area contributed by atoms with Gasteiger partial charge in [-0.15, -0.1) is 0 Å². The SMILES string of the molecule is COC(=O)CN(C)S(=O)(=O)c1cccc(Cl)c1F. The summed E-state index contributed by atoms with van der Waals surface area (Å²) in [5.74, 6) is -1.79. The number of esters is 1. The normalized spacial score (nSPS) is 11.6. The van der Waals surface area contributed by atoms with Crippen LogP contribution in [0.25, 0.3) is 0 Å². The van der Waals surface area contributed by atoms with E-state index in [1.807, 2.05) is 0 Å². The Bertz CT molecular complexity index is 561. The van der Waals surface area contributed by atoms with E-state index in [1.165, 1.54) is 12.1 Å².